The molecule has 0 aliphatic heterocycles. The monoisotopic (exact) mass is 878 g/mol. The van der Waals surface area contributed by atoms with E-state index in [2.05, 4.69) is 212 Å². The number of aromatic nitrogens is 4. The van der Waals surface area contributed by atoms with Crippen molar-refractivity contribution in [2.45, 2.75) is 0 Å². The van der Waals surface area contributed by atoms with Gasteiger partial charge < -0.3 is 4.42 Å². The number of furan rings is 1. The molecule has 3 heterocycles. The van der Waals surface area contributed by atoms with Gasteiger partial charge in [-0.1, -0.05) is 182 Å². The molecule has 11 aromatic carbocycles. The quantitative estimate of drug-likeness (QED) is 0.156. The van der Waals surface area contributed by atoms with Gasteiger partial charge in [0, 0.05) is 43.8 Å². The van der Waals surface area contributed by atoms with Crippen LogP contribution in [0.1, 0.15) is 0 Å². The first-order valence-electron chi connectivity index (χ1n) is 23.3. The summed E-state index contributed by atoms with van der Waals surface area (Å²) in [5, 5.41) is 11.3. The summed E-state index contributed by atoms with van der Waals surface area (Å²) in [6, 6.07) is 78.9. The largest absolute Gasteiger partial charge is 0.456 e. The van der Waals surface area contributed by atoms with Crippen LogP contribution >= 0.6 is 0 Å². The van der Waals surface area contributed by atoms with E-state index in [0.29, 0.717) is 5.82 Å². The lowest BCUT2D eigenvalue weighted by Crippen LogP contribution is -1.98. The molecule has 14 rings (SSSR count). The van der Waals surface area contributed by atoms with Crippen molar-refractivity contribution >= 4 is 76.1 Å². The minimum atomic E-state index is 0.595. The zero-order chi connectivity index (χ0) is 45.4. The summed E-state index contributed by atoms with van der Waals surface area (Å²) in [4.78, 5) is 21.7. The zero-order valence-corrected chi connectivity index (χ0v) is 37.1. The van der Waals surface area contributed by atoms with E-state index in [9.17, 15) is 0 Å². The number of benzene rings is 11. The van der Waals surface area contributed by atoms with Crippen LogP contribution in [0.15, 0.2) is 235 Å². The van der Waals surface area contributed by atoms with Gasteiger partial charge in [-0.2, -0.15) is 0 Å². The molecule has 3 aromatic heterocycles. The number of fused-ring (bicyclic) bond motifs is 12. The van der Waals surface area contributed by atoms with E-state index in [4.69, 9.17) is 24.4 Å². The first-order valence-corrected chi connectivity index (χ1v) is 23.3. The van der Waals surface area contributed by atoms with Crippen molar-refractivity contribution in [1.29, 1.82) is 0 Å². The molecule has 0 amide bonds. The van der Waals surface area contributed by atoms with Crippen molar-refractivity contribution in [1.82, 2.24) is 19.9 Å². The lowest BCUT2D eigenvalue weighted by molar-refractivity contribution is 0.669. The van der Waals surface area contributed by atoms with E-state index < -0.39 is 0 Å². The van der Waals surface area contributed by atoms with Crippen molar-refractivity contribution in [2.75, 3.05) is 0 Å². The van der Waals surface area contributed by atoms with Gasteiger partial charge in [-0.05, 0) is 97.0 Å². The van der Waals surface area contributed by atoms with Gasteiger partial charge in [-0.3, -0.25) is 4.98 Å². The highest BCUT2D eigenvalue weighted by atomic mass is 16.3. The molecular weight excluding hydrogens is 841 g/mol. The molecule has 320 valence electrons. The summed E-state index contributed by atoms with van der Waals surface area (Å²) in [5.74, 6) is 0.595. The van der Waals surface area contributed by atoms with Crippen LogP contribution in [0, 0.1) is 0 Å². The van der Waals surface area contributed by atoms with Crippen LogP contribution in [0.25, 0.3) is 143 Å². The number of rotatable bonds is 6. The van der Waals surface area contributed by atoms with Gasteiger partial charge in [-0.15, -0.1) is 0 Å². The van der Waals surface area contributed by atoms with E-state index in [1.54, 1.807) is 0 Å². The molecule has 0 saturated carbocycles. The summed E-state index contributed by atoms with van der Waals surface area (Å²) in [5.41, 5.74) is 13.8. The van der Waals surface area contributed by atoms with Crippen LogP contribution in [0.3, 0.4) is 0 Å². The second-order valence-corrected chi connectivity index (χ2v) is 17.7. The molecule has 5 nitrogen and oxygen atoms in total. The molecule has 0 radical (unpaired) electrons. The Morgan fingerprint density at radius 1 is 0.290 bits per heavy atom. The smallest absolute Gasteiger partial charge is 0.160 e. The third-order valence-corrected chi connectivity index (χ3v) is 13.7. The van der Waals surface area contributed by atoms with Crippen LogP contribution in [0.4, 0.5) is 0 Å². The Balaban J connectivity index is 1.05. The Labute approximate surface area is 396 Å². The zero-order valence-electron chi connectivity index (χ0n) is 37.1. The van der Waals surface area contributed by atoms with E-state index in [1.807, 2.05) is 18.3 Å². The Kier molecular flexibility index (Phi) is 8.83. The van der Waals surface area contributed by atoms with E-state index in [-0.39, 0.29) is 0 Å². The fourth-order valence-electron chi connectivity index (χ4n) is 10.5. The highest BCUT2D eigenvalue weighted by Crippen LogP contribution is 2.44. The normalized spacial score (nSPS) is 11.8. The maximum absolute atomic E-state index is 6.63. The van der Waals surface area contributed by atoms with Gasteiger partial charge in [-0.25, -0.2) is 15.0 Å². The minimum Gasteiger partial charge on any atom is -0.456 e. The summed E-state index contributed by atoms with van der Waals surface area (Å²) >= 11 is 0. The molecule has 5 heteroatoms. The maximum Gasteiger partial charge on any atom is 0.160 e. The predicted molar refractivity (Wildman–Crippen MR) is 285 cm³/mol. The van der Waals surface area contributed by atoms with Gasteiger partial charge >= 0.3 is 0 Å². The van der Waals surface area contributed by atoms with Gasteiger partial charge in [0.2, 0.25) is 0 Å². The molecular formula is C64H38N4O. The highest BCUT2D eigenvalue weighted by molar-refractivity contribution is 6.23. The SMILES string of the molecule is c1ccc(-c2cc(-c3cccc4oc5cccc(-c6ccccc6)c5c34)nc(-c3cc(-c4cnc5c6ccccc6c6ccccc6c5n4)cc(-c4cc5ccccc5c5ccccc45)c3)n2)cc1. The lowest BCUT2D eigenvalue weighted by Gasteiger charge is -2.16. The summed E-state index contributed by atoms with van der Waals surface area (Å²) in [6.45, 7) is 0. The molecule has 0 unspecified atom stereocenters. The summed E-state index contributed by atoms with van der Waals surface area (Å²) in [7, 11) is 0. The average molecular weight is 879 g/mol. The van der Waals surface area contributed by atoms with Crippen molar-refractivity contribution < 1.29 is 4.42 Å². The molecule has 14 aromatic rings. The molecule has 0 aliphatic carbocycles. The third kappa shape index (κ3) is 6.40. The molecule has 0 fully saturated rings. The van der Waals surface area contributed by atoms with Crippen LogP contribution in [-0.4, -0.2) is 19.9 Å². The van der Waals surface area contributed by atoms with E-state index in [0.717, 1.165) is 121 Å². The van der Waals surface area contributed by atoms with Crippen molar-refractivity contribution in [3.05, 3.63) is 231 Å². The van der Waals surface area contributed by atoms with E-state index in [1.165, 1.54) is 16.2 Å². The number of hydrogen-bond donors (Lipinski definition) is 0. The topological polar surface area (TPSA) is 64.7 Å². The molecule has 0 aliphatic rings. The Morgan fingerprint density at radius 2 is 0.826 bits per heavy atom. The molecule has 0 saturated heterocycles. The summed E-state index contributed by atoms with van der Waals surface area (Å²) < 4.78 is 6.63. The average Bonchev–Trinajstić information content (AvgIpc) is 3.82. The van der Waals surface area contributed by atoms with Gasteiger partial charge in [0.15, 0.2) is 5.82 Å². The fraction of sp³-hybridized carbons (Fsp3) is 0. The third-order valence-electron chi connectivity index (χ3n) is 13.7. The predicted octanol–water partition coefficient (Wildman–Crippen LogP) is 16.9. The van der Waals surface area contributed by atoms with Crippen molar-refractivity contribution in [3.63, 3.8) is 0 Å². The maximum atomic E-state index is 6.63. The molecule has 0 bridgehead atoms. The highest BCUT2D eigenvalue weighted by Gasteiger charge is 2.21. The molecule has 0 spiro atoms. The lowest BCUT2D eigenvalue weighted by atomic mass is 9.91. The number of hydrogen-bond acceptors (Lipinski definition) is 5. The minimum absolute atomic E-state index is 0.595. The summed E-state index contributed by atoms with van der Waals surface area (Å²) in [6.07, 6.45) is 1.92. The van der Waals surface area contributed by atoms with Crippen molar-refractivity contribution in [3.8, 4) is 67.4 Å². The number of nitrogens with zero attached hydrogens (tertiary/aromatic N) is 4. The Bertz CT molecular complexity index is 4330. The molecule has 69 heavy (non-hydrogen) atoms. The fourth-order valence-corrected chi connectivity index (χ4v) is 10.5. The Hall–Kier alpha value is -9.32. The second kappa shape index (κ2) is 15.7. The van der Waals surface area contributed by atoms with Crippen LogP contribution in [-0.2, 0) is 0 Å². The van der Waals surface area contributed by atoms with Crippen LogP contribution in [0.5, 0.6) is 0 Å². The van der Waals surface area contributed by atoms with Gasteiger partial charge in [0.05, 0.1) is 34.3 Å². The van der Waals surface area contributed by atoms with E-state index >= 15 is 0 Å². The molecule has 0 atom stereocenters. The van der Waals surface area contributed by atoms with Crippen LogP contribution < -0.4 is 0 Å². The molecule has 0 N–H and O–H groups in total. The van der Waals surface area contributed by atoms with Gasteiger partial charge in [0.1, 0.15) is 11.2 Å². The Morgan fingerprint density at radius 3 is 1.55 bits per heavy atom. The van der Waals surface area contributed by atoms with Crippen molar-refractivity contribution in [2.24, 2.45) is 0 Å². The standard InChI is InChI=1S/C64H38N4O/c1-3-17-39(18-4-1)46-29-15-31-58-60(46)61-53(30-16-32-59(61)69-58)56-37-55(40-19-5-2-6-20-40)67-64(68-56)44-34-42(54-36-41-21-7-8-22-45(41)47-23-9-10-26-50(47)54)33-43(35-44)57-38-65-62-51-27-13-11-24-48(51)49-25-12-14-28-52(49)63(62)66-57/h1-38H. The first kappa shape index (κ1) is 38.9. The van der Waals surface area contributed by atoms with Gasteiger partial charge in [0.25, 0.3) is 0 Å². The first-order chi connectivity index (χ1) is 34.2. The second-order valence-electron chi connectivity index (χ2n) is 17.7. The van der Waals surface area contributed by atoms with Crippen LogP contribution in [0.2, 0.25) is 0 Å².